The fraction of sp³-hybridized carbons (Fsp3) is 0.500. The zero-order valence-electron chi connectivity index (χ0n) is 13.8. The molecule has 0 fully saturated rings. The molecule has 6 nitrogen and oxygen atoms in total. The molecule has 0 aliphatic rings. The fourth-order valence-electron chi connectivity index (χ4n) is 2.39. The first-order valence-corrected chi connectivity index (χ1v) is 7.44. The smallest absolute Gasteiger partial charge is 0.407 e. The number of amides is 1. The minimum absolute atomic E-state index is 0.180. The molecule has 2 heterocycles. The highest BCUT2D eigenvalue weighted by Gasteiger charge is 2.19. The van der Waals surface area contributed by atoms with E-state index in [4.69, 9.17) is 4.74 Å². The van der Waals surface area contributed by atoms with Crippen molar-refractivity contribution in [2.24, 2.45) is 0 Å². The molecule has 0 aliphatic carbocycles. The van der Waals surface area contributed by atoms with Gasteiger partial charge in [-0.25, -0.2) is 14.2 Å². The molecule has 126 valence electrons. The number of alkyl carbamates (subject to hydrolysis) is 1. The lowest BCUT2D eigenvalue weighted by molar-refractivity contribution is 0.0521. The number of carbonyl (C=O) groups excluding carboxylic acids is 1. The van der Waals surface area contributed by atoms with E-state index in [1.807, 2.05) is 6.92 Å². The second kappa shape index (κ2) is 6.54. The Labute approximate surface area is 134 Å². The molecule has 7 heteroatoms. The van der Waals surface area contributed by atoms with E-state index in [2.05, 4.69) is 10.3 Å². The summed E-state index contributed by atoms with van der Waals surface area (Å²) in [5, 5.41) is 12.8. The van der Waals surface area contributed by atoms with Crippen LogP contribution < -0.4 is 5.32 Å². The number of aliphatic hydroxyl groups is 1. The summed E-state index contributed by atoms with van der Waals surface area (Å²) in [7, 11) is 0. The van der Waals surface area contributed by atoms with E-state index in [0.29, 0.717) is 23.3 Å². The molecule has 23 heavy (non-hydrogen) atoms. The first-order valence-electron chi connectivity index (χ1n) is 7.44. The van der Waals surface area contributed by atoms with Crippen LogP contribution in [0.25, 0.3) is 11.0 Å². The van der Waals surface area contributed by atoms with Crippen molar-refractivity contribution in [1.82, 2.24) is 14.9 Å². The Morgan fingerprint density at radius 2 is 2.17 bits per heavy atom. The first kappa shape index (κ1) is 17.2. The van der Waals surface area contributed by atoms with Crippen LogP contribution in [0.5, 0.6) is 0 Å². The lowest BCUT2D eigenvalue weighted by Gasteiger charge is -2.22. The molecule has 2 aromatic heterocycles. The maximum Gasteiger partial charge on any atom is 0.407 e. The number of hydrogen-bond donors (Lipinski definition) is 2. The zero-order chi connectivity index (χ0) is 17.2. The lowest BCUT2D eigenvalue weighted by atomic mass is 10.2. The van der Waals surface area contributed by atoms with Crippen molar-refractivity contribution in [3.05, 3.63) is 29.8 Å². The van der Waals surface area contributed by atoms with Crippen molar-refractivity contribution in [3.63, 3.8) is 0 Å². The first-order chi connectivity index (χ1) is 10.7. The minimum atomic E-state index is -0.567. The van der Waals surface area contributed by atoms with Gasteiger partial charge in [0.15, 0.2) is 0 Å². The summed E-state index contributed by atoms with van der Waals surface area (Å²) >= 11 is 0. The predicted molar refractivity (Wildman–Crippen MR) is 84.6 cm³/mol. The summed E-state index contributed by atoms with van der Waals surface area (Å²) in [5.74, 6) is -0.432. The summed E-state index contributed by atoms with van der Waals surface area (Å²) in [6.45, 7) is 7.34. The quantitative estimate of drug-likeness (QED) is 0.907. The maximum absolute atomic E-state index is 13.3. The van der Waals surface area contributed by atoms with Crippen LogP contribution >= 0.6 is 0 Å². The molecule has 0 aromatic carbocycles. The van der Waals surface area contributed by atoms with Gasteiger partial charge in [0, 0.05) is 17.6 Å². The fourth-order valence-corrected chi connectivity index (χ4v) is 2.39. The maximum atomic E-state index is 13.3. The highest BCUT2D eigenvalue weighted by molar-refractivity contribution is 5.77. The van der Waals surface area contributed by atoms with Crippen molar-refractivity contribution in [2.45, 2.75) is 45.9 Å². The van der Waals surface area contributed by atoms with Gasteiger partial charge < -0.3 is 19.7 Å². The van der Waals surface area contributed by atoms with Gasteiger partial charge in [-0.3, -0.25) is 0 Å². The van der Waals surface area contributed by atoms with Gasteiger partial charge >= 0.3 is 6.09 Å². The van der Waals surface area contributed by atoms with E-state index in [1.165, 1.54) is 6.07 Å². The number of nitrogens with one attached hydrogen (secondary N) is 1. The SMILES string of the molecule is C[C@H](CNC(=O)OC(C)(C)C)n1c(CO)cc2cc(F)cnc21. The van der Waals surface area contributed by atoms with Crippen molar-refractivity contribution in [2.75, 3.05) is 6.54 Å². The molecule has 2 aromatic rings. The highest BCUT2D eigenvalue weighted by Crippen LogP contribution is 2.23. The Bertz CT molecular complexity index is 706. The molecule has 0 spiro atoms. The Morgan fingerprint density at radius 3 is 2.78 bits per heavy atom. The number of fused-ring (bicyclic) bond motifs is 1. The third-order valence-corrected chi connectivity index (χ3v) is 3.26. The van der Waals surface area contributed by atoms with Gasteiger partial charge in [0.25, 0.3) is 0 Å². The predicted octanol–water partition coefficient (Wildman–Crippen LogP) is 2.75. The third-order valence-electron chi connectivity index (χ3n) is 3.26. The number of rotatable bonds is 4. The van der Waals surface area contributed by atoms with Crippen LogP contribution in [0.2, 0.25) is 0 Å². The van der Waals surface area contributed by atoms with Crippen LogP contribution in [0.3, 0.4) is 0 Å². The highest BCUT2D eigenvalue weighted by atomic mass is 19.1. The molecule has 2 rings (SSSR count). The second-order valence-corrected chi connectivity index (χ2v) is 6.46. The molecule has 0 radical (unpaired) electrons. The summed E-state index contributed by atoms with van der Waals surface area (Å²) < 4.78 is 20.3. The van der Waals surface area contributed by atoms with Crippen molar-refractivity contribution < 1.29 is 19.0 Å². The average molecular weight is 323 g/mol. The Morgan fingerprint density at radius 1 is 1.48 bits per heavy atom. The van der Waals surface area contributed by atoms with E-state index >= 15 is 0 Å². The second-order valence-electron chi connectivity index (χ2n) is 6.46. The molecule has 0 saturated carbocycles. The number of nitrogens with zero attached hydrogens (tertiary/aromatic N) is 2. The summed E-state index contributed by atoms with van der Waals surface area (Å²) in [4.78, 5) is 15.8. The summed E-state index contributed by atoms with van der Waals surface area (Å²) in [6.07, 6.45) is 0.624. The van der Waals surface area contributed by atoms with Crippen LogP contribution in [0.4, 0.5) is 9.18 Å². The van der Waals surface area contributed by atoms with E-state index in [1.54, 1.807) is 31.4 Å². The van der Waals surface area contributed by atoms with E-state index in [-0.39, 0.29) is 12.6 Å². The van der Waals surface area contributed by atoms with Gasteiger partial charge in [-0.15, -0.1) is 0 Å². The average Bonchev–Trinajstić information content (AvgIpc) is 2.80. The number of pyridine rings is 1. The van der Waals surface area contributed by atoms with Crippen LogP contribution in [-0.4, -0.2) is 32.9 Å². The Kier molecular flexibility index (Phi) is 4.89. The van der Waals surface area contributed by atoms with Gasteiger partial charge in [-0.2, -0.15) is 0 Å². The standard InChI is InChI=1S/C16H22FN3O3/c1-10(7-19-15(22)23-16(2,3)4)20-13(9-21)6-11-5-12(17)8-18-14(11)20/h5-6,8,10,21H,7,9H2,1-4H3,(H,19,22)/t10-/m1/s1. The number of aliphatic hydroxyl groups excluding tert-OH is 1. The molecule has 1 atom stereocenters. The summed E-state index contributed by atoms with van der Waals surface area (Å²) in [6, 6.07) is 2.88. The molecule has 2 N–H and O–H groups in total. The molecular formula is C16H22FN3O3. The van der Waals surface area contributed by atoms with Crippen LogP contribution in [0.1, 0.15) is 39.4 Å². The third kappa shape index (κ3) is 4.19. The van der Waals surface area contributed by atoms with Gasteiger partial charge in [-0.1, -0.05) is 0 Å². The van der Waals surface area contributed by atoms with Gasteiger partial charge in [0.2, 0.25) is 0 Å². The van der Waals surface area contributed by atoms with Gasteiger partial charge in [0.1, 0.15) is 17.1 Å². The van der Waals surface area contributed by atoms with Gasteiger partial charge in [0.05, 0.1) is 18.8 Å². The van der Waals surface area contributed by atoms with Gasteiger partial charge in [-0.05, 0) is 39.8 Å². The minimum Gasteiger partial charge on any atom is -0.444 e. The summed E-state index contributed by atoms with van der Waals surface area (Å²) in [5.41, 5.74) is 0.605. The molecule has 0 unspecified atom stereocenters. The molecule has 0 saturated heterocycles. The zero-order valence-corrected chi connectivity index (χ0v) is 13.8. The largest absolute Gasteiger partial charge is 0.444 e. The number of hydrogen-bond acceptors (Lipinski definition) is 4. The number of aromatic nitrogens is 2. The lowest BCUT2D eigenvalue weighted by Crippen LogP contribution is -2.35. The molecule has 1 amide bonds. The molecule has 0 aliphatic heterocycles. The number of ether oxygens (including phenoxy) is 1. The Hall–Kier alpha value is -2.15. The van der Waals surface area contributed by atoms with E-state index in [9.17, 15) is 14.3 Å². The van der Waals surface area contributed by atoms with E-state index in [0.717, 1.165) is 6.20 Å². The number of halogens is 1. The molecular weight excluding hydrogens is 301 g/mol. The topological polar surface area (TPSA) is 76.4 Å². The normalized spacial score (nSPS) is 13.1. The Balaban J connectivity index is 2.17. The van der Waals surface area contributed by atoms with Crippen molar-refractivity contribution in [3.8, 4) is 0 Å². The van der Waals surface area contributed by atoms with E-state index < -0.39 is 17.5 Å². The van der Waals surface area contributed by atoms with Crippen LogP contribution in [0.15, 0.2) is 18.3 Å². The number of carbonyl (C=O) groups is 1. The monoisotopic (exact) mass is 323 g/mol. The van der Waals surface area contributed by atoms with Crippen LogP contribution in [-0.2, 0) is 11.3 Å². The van der Waals surface area contributed by atoms with Crippen LogP contribution in [0, 0.1) is 5.82 Å². The van der Waals surface area contributed by atoms with Crippen molar-refractivity contribution >= 4 is 17.1 Å². The van der Waals surface area contributed by atoms with Crippen molar-refractivity contribution in [1.29, 1.82) is 0 Å². The molecule has 0 bridgehead atoms.